The van der Waals surface area contributed by atoms with Gasteiger partial charge in [-0.15, -0.1) is 0 Å². The van der Waals surface area contributed by atoms with Crippen molar-refractivity contribution in [1.29, 1.82) is 0 Å². The summed E-state index contributed by atoms with van der Waals surface area (Å²) in [6.45, 7) is 4.06. The van der Waals surface area contributed by atoms with Crippen molar-refractivity contribution in [1.82, 2.24) is 0 Å². The van der Waals surface area contributed by atoms with Gasteiger partial charge in [0.1, 0.15) is 6.10 Å². The predicted molar refractivity (Wildman–Crippen MR) is 53.4 cm³/mol. The van der Waals surface area contributed by atoms with Crippen molar-refractivity contribution in [3.8, 4) is 0 Å². The monoisotopic (exact) mass is 214 g/mol. The molecular weight excluding hydrogens is 196 g/mol. The Balaban J connectivity index is 2.17. The van der Waals surface area contributed by atoms with E-state index in [1.165, 1.54) is 0 Å². The Hall–Kier alpha value is -0.610. The molecule has 1 unspecified atom stereocenters. The molecule has 2 aliphatic rings. The molecule has 0 aromatic heterocycles. The maximum absolute atomic E-state index is 11.4. The van der Waals surface area contributed by atoms with Crippen LogP contribution in [0.4, 0.5) is 0 Å². The van der Waals surface area contributed by atoms with Gasteiger partial charge in [0, 0.05) is 0 Å². The lowest BCUT2D eigenvalue weighted by molar-refractivity contribution is -0.172. The summed E-state index contributed by atoms with van der Waals surface area (Å²) >= 11 is 0. The second kappa shape index (κ2) is 3.46. The molecule has 0 aromatic carbocycles. The number of carboxylic acids is 1. The second-order valence-corrected chi connectivity index (χ2v) is 4.99. The summed E-state index contributed by atoms with van der Waals surface area (Å²) in [7, 11) is 0. The van der Waals surface area contributed by atoms with Crippen molar-refractivity contribution in [2.45, 2.75) is 51.4 Å². The normalized spacial score (nSPS) is 33.1. The van der Waals surface area contributed by atoms with Crippen LogP contribution in [0.5, 0.6) is 0 Å². The molecule has 2 fully saturated rings. The number of hydrogen-bond acceptors (Lipinski definition) is 3. The van der Waals surface area contributed by atoms with E-state index in [9.17, 15) is 9.90 Å². The fourth-order valence-electron chi connectivity index (χ4n) is 2.64. The first kappa shape index (κ1) is 10.9. The lowest BCUT2D eigenvalue weighted by atomic mass is 9.80. The summed E-state index contributed by atoms with van der Waals surface area (Å²) in [6, 6.07) is 0. The highest BCUT2D eigenvalue weighted by atomic mass is 16.7. The van der Waals surface area contributed by atoms with Gasteiger partial charge in [-0.3, -0.25) is 4.79 Å². The minimum absolute atomic E-state index is 0.285. The van der Waals surface area contributed by atoms with Crippen molar-refractivity contribution in [2.75, 3.05) is 6.61 Å². The molecule has 0 radical (unpaired) electrons. The van der Waals surface area contributed by atoms with E-state index < -0.39 is 17.2 Å². The van der Waals surface area contributed by atoms with E-state index in [-0.39, 0.29) is 6.10 Å². The summed E-state index contributed by atoms with van der Waals surface area (Å²) in [5, 5.41) is 9.36. The molecule has 1 atom stereocenters. The Morgan fingerprint density at radius 1 is 1.33 bits per heavy atom. The van der Waals surface area contributed by atoms with Crippen LogP contribution in [-0.2, 0) is 14.3 Å². The highest BCUT2D eigenvalue weighted by Crippen LogP contribution is 2.46. The van der Waals surface area contributed by atoms with Crippen LogP contribution in [0, 0.1) is 5.41 Å². The highest BCUT2D eigenvalue weighted by molar-refractivity contribution is 5.76. The number of aliphatic carboxylic acids is 1. The van der Waals surface area contributed by atoms with E-state index in [1.54, 1.807) is 0 Å². The van der Waals surface area contributed by atoms with E-state index in [0.29, 0.717) is 19.4 Å². The zero-order chi connectivity index (χ0) is 11.1. The van der Waals surface area contributed by atoms with Crippen LogP contribution in [0.25, 0.3) is 0 Å². The van der Waals surface area contributed by atoms with Crippen LogP contribution in [0.1, 0.15) is 39.5 Å². The van der Waals surface area contributed by atoms with Crippen LogP contribution in [-0.4, -0.2) is 29.6 Å². The molecule has 1 aliphatic heterocycles. The first-order valence-electron chi connectivity index (χ1n) is 5.51. The molecule has 1 N–H and O–H groups in total. The molecular formula is C11H18O4. The van der Waals surface area contributed by atoms with Gasteiger partial charge in [-0.2, -0.15) is 0 Å². The molecule has 4 nitrogen and oxygen atoms in total. The third kappa shape index (κ3) is 1.76. The third-order valence-electron chi connectivity index (χ3n) is 3.55. The minimum atomic E-state index is -0.730. The van der Waals surface area contributed by atoms with Crippen LogP contribution in [0.3, 0.4) is 0 Å². The molecule has 15 heavy (non-hydrogen) atoms. The van der Waals surface area contributed by atoms with E-state index >= 15 is 0 Å². The van der Waals surface area contributed by atoms with Crippen LogP contribution >= 0.6 is 0 Å². The van der Waals surface area contributed by atoms with Crippen LogP contribution < -0.4 is 0 Å². The maximum atomic E-state index is 11.4. The smallest absolute Gasteiger partial charge is 0.312 e. The van der Waals surface area contributed by atoms with Gasteiger partial charge in [0.15, 0.2) is 5.79 Å². The van der Waals surface area contributed by atoms with E-state index in [4.69, 9.17) is 9.47 Å². The average Bonchev–Trinajstić information content (AvgIpc) is 2.71. The Morgan fingerprint density at radius 2 is 1.93 bits per heavy atom. The molecule has 0 aromatic rings. The summed E-state index contributed by atoms with van der Waals surface area (Å²) < 4.78 is 11.1. The van der Waals surface area contributed by atoms with E-state index in [0.717, 1.165) is 12.8 Å². The van der Waals surface area contributed by atoms with Gasteiger partial charge in [-0.1, -0.05) is 12.8 Å². The van der Waals surface area contributed by atoms with Gasteiger partial charge in [0.2, 0.25) is 0 Å². The fraction of sp³-hybridized carbons (Fsp3) is 0.909. The van der Waals surface area contributed by atoms with Crippen LogP contribution in [0.15, 0.2) is 0 Å². The molecule has 4 heteroatoms. The minimum Gasteiger partial charge on any atom is -0.481 e. The second-order valence-electron chi connectivity index (χ2n) is 4.99. The number of carboxylic acid groups (broad SMARTS) is 1. The first-order chi connectivity index (χ1) is 6.96. The van der Waals surface area contributed by atoms with Gasteiger partial charge in [-0.05, 0) is 26.7 Å². The Bertz CT molecular complexity index is 266. The standard InChI is InChI=1S/C11H18O4/c1-10(2)14-7-8(15-10)11(9(12)13)5-3-4-6-11/h8H,3-7H2,1-2H3,(H,12,13). The lowest BCUT2D eigenvalue weighted by Crippen LogP contribution is -2.42. The van der Waals surface area contributed by atoms with Gasteiger partial charge < -0.3 is 14.6 Å². The molecule has 1 saturated carbocycles. The van der Waals surface area contributed by atoms with Gasteiger partial charge in [0.05, 0.1) is 12.0 Å². The summed E-state index contributed by atoms with van der Waals surface area (Å²) in [4.78, 5) is 11.4. The Labute approximate surface area is 89.6 Å². The molecule has 0 amide bonds. The number of rotatable bonds is 2. The molecule has 86 valence electrons. The Kier molecular flexibility index (Phi) is 2.51. The number of hydrogen-bond donors (Lipinski definition) is 1. The third-order valence-corrected chi connectivity index (χ3v) is 3.55. The van der Waals surface area contributed by atoms with Gasteiger partial charge in [-0.25, -0.2) is 0 Å². The van der Waals surface area contributed by atoms with Crippen molar-refractivity contribution >= 4 is 5.97 Å². The molecule has 0 spiro atoms. The van der Waals surface area contributed by atoms with Crippen molar-refractivity contribution in [2.24, 2.45) is 5.41 Å². The quantitative estimate of drug-likeness (QED) is 0.761. The number of carbonyl (C=O) groups is 1. The zero-order valence-electron chi connectivity index (χ0n) is 9.28. The molecule has 1 heterocycles. The topological polar surface area (TPSA) is 55.8 Å². The molecule has 2 rings (SSSR count). The zero-order valence-corrected chi connectivity index (χ0v) is 9.28. The molecule has 1 aliphatic carbocycles. The maximum Gasteiger partial charge on any atom is 0.312 e. The van der Waals surface area contributed by atoms with Crippen LogP contribution in [0.2, 0.25) is 0 Å². The van der Waals surface area contributed by atoms with Gasteiger partial charge >= 0.3 is 5.97 Å². The van der Waals surface area contributed by atoms with E-state index in [2.05, 4.69) is 0 Å². The number of ether oxygens (including phenoxy) is 2. The lowest BCUT2D eigenvalue weighted by Gasteiger charge is -2.30. The summed E-state index contributed by atoms with van der Waals surface area (Å²) in [5.41, 5.74) is -0.701. The summed E-state index contributed by atoms with van der Waals surface area (Å²) in [5.74, 6) is -1.36. The SMILES string of the molecule is CC1(C)OCC(C2(C(=O)O)CCCC2)O1. The summed E-state index contributed by atoms with van der Waals surface area (Å²) in [6.07, 6.45) is 3.10. The molecule has 0 bridgehead atoms. The Morgan fingerprint density at radius 3 is 2.33 bits per heavy atom. The largest absolute Gasteiger partial charge is 0.481 e. The van der Waals surface area contributed by atoms with Crippen molar-refractivity contribution in [3.05, 3.63) is 0 Å². The van der Waals surface area contributed by atoms with E-state index in [1.807, 2.05) is 13.8 Å². The first-order valence-corrected chi connectivity index (χ1v) is 5.51. The van der Waals surface area contributed by atoms with Gasteiger partial charge in [0.25, 0.3) is 0 Å². The fourth-order valence-corrected chi connectivity index (χ4v) is 2.64. The molecule has 1 saturated heterocycles. The van der Waals surface area contributed by atoms with Crippen molar-refractivity contribution in [3.63, 3.8) is 0 Å². The van der Waals surface area contributed by atoms with Crippen molar-refractivity contribution < 1.29 is 19.4 Å². The average molecular weight is 214 g/mol. The predicted octanol–water partition coefficient (Wildman–Crippen LogP) is 1.78. The highest BCUT2D eigenvalue weighted by Gasteiger charge is 2.53.